The van der Waals surface area contributed by atoms with Gasteiger partial charge in [-0.3, -0.25) is 0 Å². The van der Waals surface area contributed by atoms with E-state index in [1.165, 1.54) is 51.7 Å². The summed E-state index contributed by atoms with van der Waals surface area (Å²) < 4.78 is 0. The highest BCUT2D eigenvalue weighted by Crippen LogP contribution is 2.29. The maximum atomic E-state index is 6.03. The van der Waals surface area contributed by atoms with Gasteiger partial charge in [0.1, 0.15) is 0 Å². The highest BCUT2D eigenvalue weighted by atomic mass is 15.1. The molecule has 90 valence electrons. The fraction of sp³-hybridized carbons (Fsp3) is 1.00. The summed E-state index contributed by atoms with van der Waals surface area (Å²) in [5.41, 5.74) is 6.60. The van der Waals surface area contributed by atoms with E-state index >= 15 is 0 Å². The minimum atomic E-state index is 0.421. The van der Waals surface area contributed by atoms with Crippen LogP contribution in [0.4, 0.5) is 0 Å². The molecule has 0 spiro atoms. The molecule has 2 heteroatoms. The number of nitrogens with zero attached hydrogens (tertiary/aromatic N) is 1. The topological polar surface area (TPSA) is 29.3 Å². The molecule has 15 heavy (non-hydrogen) atoms. The Balaban J connectivity index is 2.13. The second-order valence-electron chi connectivity index (χ2n) is 5.84. The van der Waals surface area contributed by atoms with Gasteiger partial charge < -0.3 is 10.6 Å². The van der Waals surface area contributed by atoms with Crippen LogP contribution >= 0.6 is 0 Å². The second-order valence-corrected chi connectivity index (χ2v) is 5.84. The van der Waals surface area contributed by atoms with Crippen LogP contribution in [-0.2, 0) is 0 Å². The zero-order valence-electron chi connectivity index (χ0n) is 10.8. The van der Waals surface area contributed by atoms with Crippen molar-refractivity contribution in [2.45, 2.75) is 58.9 Å². The van der Waals surface area contributed by atoms with Crippen molar-refractivity contribution in [2.24, 2.45) is 11.1 Å². The molecule has 1 fully saturated rings. The van der Waals surface area contributed by atoms with Crippen LogP contribution in [0.25, 0.3) is 0 Å². The zero-order valence-corrected chi connectivity index (χ0v) is 10.8. The van der Waals surface area contributed by atoms with Crippen molar-refractivity contribution in [1.29, 1.82) is 0 Å². The molecule has 0 radical (unpaired) electrons. The summed E-state index contributed by atoms with van der Waals surface area (Å²) in [6, 6.07) is 0.421. The molecule has 1 atom stereocenters. The van der Waals surface area contributed by atoms with Crippen molar-refractivity contribution in [1.82, 2.24) is 4.90 Å². The molecule has 0 aromatic carbocycles. The van der Waals surface area contributed by atoms with Crippen molar-refractivity contribution in [2.75, 3.05) is 19.6 Å². The summed E-state index contributed by atoms with van der Waals surface area (Å²) in [7, 11) is 0. The molecule has 2 N–H and O–H groups in total. The van der Waals surface area contributed by atoms with Gasteiger partial charge in [0, 0.05) is 6.04 Å². The van der Waals surface area contributed by atoms with Crippen LogP contribution in [0, 0.1) is 5.41 Å². The van der Waals surface area contributed by atoms with E-state index in [9.17, 15) is 0 Å². The molecule has 0 aromatic rings. The minimum absolute atomic E-state index is 0.421. The molecule has 1 unspecified atom stereocenters. The van der Waals surface area contributed by atoms with Crippen LogP contribution in [-0.4, -0.2) is 30.6 Å². The Kier molecular flexibility index (Phi) is 5.07. The average Bonchev–Trinajstić information content (AvgIpc) is 2.17. The molecule has 0 bridgehead atoms. The van der Waals surface area contributed by atoms with Crippen LogP contribution in [0.3, 0.4) is 0 Å². The molecule has 1 aliphatic rings. The lowest BCUT2D eigenvalue weighted by Gasteiger charge is -2.37. The Labute approximate surface area is 95.2 Å². The Bertz CT molecular complexity index is 167. The predicted molar refractivity (Wildman–Crippen MR) is 67.0 cm³/mol. The third-order valence-corrected chi connectivity index (χ3v) is 3.69. The maximum absolute atomic E-state index is 6.03. The van der Waals surface area contributed by atoms with Crippen LogP contribution in [0.5, 0.6) is 0 Å². The third kappa shape index (κ3) is 4.98. The lowest BCUT2D eigenvalue weighted by molar-refractivity contribution is 0.129. The van der Waals surface area contributed by atoms with Crippen LogP contribution in [0.1, 0.15) is 52.9 Å². The van der Waals surface area contributed by atoms with Gasteiger partial charge in [-0.15, -0.1) is 0 Å². The van der Waals surface area contributed by atoms with Gasteiger partial charge in [0.05, 0.1) is 0 Å². The number of piperidine rings is 1. The van der Waals surface area contributed by atoms with Gasteiger partial charge in [0.25, 0.3) is 0 Å². The molecule has 0 saturated carbocycles. The van der Waals surface area contributed by atoms with Crippen LogP contribution < -0.4 is 5.73 Å². The molecular weight excluding hydrogens is 184 g/mol. The normalized spacial score (nSPS) is 24.0. The molecule has 1 heterocycles. The first-order chi connectivity index (χ1) is 7.03. The van der Waals surface area contributed by atoms with Crippen LogP contribution in [0.2, 0.25) is 0 Å². The lowest BCUT2D eigenvalue weighted by Crippen LogP contribution is -2.39. The largest absolute Gasteiger partial charge is 0.328 e. The lowest BCUT2D eigenvalue weighted by atomic mass is 9.82. The summed E-state index contributed by atoms with van der Waals surface area (Å²) in [4.78, 5) is 2.58. The first kappa shape index (κ1) is 13.0. The van der Waals surface area contributed by atoms with E-state index in [0.29, 0.717) is 11.5 Å². The smallest absolute Gasteiger partial charge is 0.00509 e. The van der Waals surface area contributed by atoms with Gasteiger partial charge in [-0.25, -0.2) is 0 Å². The highest BCUT2D eigenvalue weighted by molar-refractivity contribution is 4.79. The number of nitrogens with two attached hydrogens (primary N) is 1. The van der Waals surface area contributed by atoms with Gasteiger partial charge in [-0.2, -0.15) is 0 Å². The Morgan fingerprint density at radius 2 is 1.80 bits per heavy atom. The van der Waals surface area contributed by atoms with E-state index in [-0.39, 0.29) is 0 Å². The molecular formula is C13H28N2. The third-order valence-electron chi connectivity index (χ3n) is 3.69. The summed E-state index contributed by atoms with van der Waals surface area (Å²) in [6.45, 7) is 10.7. The first-order valence-electron chi connectivity index (χ1n) is 6.51. The van der Waals surface area contributed by atoms with Crippen molar-refractivity contribution < 1.29 is 0 Å². The fourth-order valence-corrected chi connectivity index (χ4v) is 2.25. The SMILES string of the molecule is CCCC(N)CCN1CCC(C)(C)CC1. The van der Waals surface area contributed by atoms with E-state index in [1.54, 1.807) is 0 Å². The first-order valence-corrected chi connectivity index (χ1v) is 6.51. The minimum Gasteiger partial charge on any atom is -0.328 e. The van der Waals surface area contributed by atoms with E-state index in [0.717, 1.165) is 0 Å². The average molecular weight is 212 g/mol. The molecule has 0 aromatic heterocycles. The molecule has 0 aliphatic carbocycles. The summed E-state index contributed by atoms with van der Waals surface area (Å²) in [5.74, 6) is 0. The number of likely N-dealkylation sites (tertiary alicyclic amines) is 1. The molecule has 1 saturated heterocycles. The van der Waals surface area contributed by atoms with E-state index < -0.39 is 0 Å². The van der Waals surface area contributed by atoms with Gasteiger partial charge in [0.15, 0.2) is 0 Å². The highest BCUT2D eigenvalue weighted by Gasteiger charge is 2.24. The number of hydrogen-bond acceptors (Lipinski definition) is 2. The van der Waals surface area contributed by atoms with E-state index in [1.807, 2.05) is 0 Å². The summed E-state index contributed by atoms with van der Waals surface area (Å²) >= 11 is 0. The van der Waals surface area contributed by atoms with Crippen molar-refractivity contribution in [3.63, 3.8) is 0 Å². The Hall–Kier alpha value is -0.0800. The van der Waals surface area contributed by atoms with E-state index in [4.69, 9.17) is 5.73 Å². The number of rotatable bonds is 5. The standard InChI is InChI=1S/C13H28N2/c1-4-5-12(14)6-9-15-10-7-13(2,3)8-11-15/h12H,4-11,14H2,1-3H3. The van der Waals surface area contributed by atoms with Crippen molar-refractivity contribution in [3.05, 3.63) is 0 Å². The summed E-state index contributed by atoms with van der Waals surface area (Å²) in [5, 5.41) is 0. The van der Waals surface area contributed by atoms with Crippen molar-refractivity contribution in [3.8, 4) is 0 Å². The predicted octanol–water partition coefficient (Wildman–Crippen LogP) is 2.63. The van der Waals surface area contributed by atoms with Gasteiger partial charge in [-0.1, -0.05) is 27.2 Å². The Morgan fingerprint density at radius 3 is 2.33 bits per heavy atom. The van der Waals surface area contributed by atoms with E-state index in [2.05, 4.69) is 25.7 Å². The van der Waals surface area contributed by atoms with Gasteiger partial charge in [0.2, 0.25) is 0 Å². The Morgan fingerprint density at radius 1 is 1.20 bits per heavy atom. The number of hydrogen-bond donors (Lipinski definition) is 1. The van der Waals surface area contributed by atoms with Crippen molar-refractivity contribution >= 4 is 0 Å². The monoisotopic (exact) mass is 212 g/mol. The summed E-state index contributed by atoms with van der Waals surface area (Å²) in [6.07, 6.45) is 6.26. The molecule has 0 amide bonds. The second kappa shape index (κ2) is 5.86. The van der Waals surface area contributed by atoms with Gasteiger partial charge in [-0.05, 0) is 50.7 Å². The van der Waals surface area contributed by atoms with Gasteiger partial charge >= 0.3 is 0 Å². The molecule has 2 nitrogen and oxygen atoms in total. The molecule has 1 rings (SSSR count). The zero-order chi connectivity index (χ0) is 11.3. The quantitative estimate of drug-likeness (QED) is 0.759. The fourth-order valence-electron chi connectivity index (χ4n) is 2.25. The molecule has 1 aliphatic heterocycles. The maximum Gasteiger partial charge on any atom is 0.00509 e. The van der Waals surface area contributed by atoms with Crippen LogP contribution in [0.15, 0.2) is 0 Å².